The zero-order chi connectivity index (χ0) is 15.6. The molecule has 0 amide bonds. The number of para-hydroxylation sites is 1. The van der Waals surface area contributed by atoms with E-state index in [2.05, 4.69) is 5.32 Å². The first-order chi connectivity index (χ1) is 9.86. The zero-order valence-corrected chi connectivity index (χ0v) is 13.5. The Balaban J connectivity index is 2.52. The topological polar surface area (TPSA) is 49.4 Å². The third-order valence-electron chi connectivity index (χ3n) is 3.36. The number of benzene rings is 2. The number of hydrogen-bond acceptors (Lipinski definition) is 3. The molecule has 0 saturated carbocycles. The lowest BCUT2D eigenvalue weighted by molar-refractivity contribution is 0.594. The van der Waals surface area contributed by atoms with Gasteiger partial charge in [0.2, 0.25) is 0 Å². The van der Waals surface area contributed by atoms with Crippen LogP contribution in [0.3, 0.4) is 0 Å². The average molecular weight is 304 g/mol. The second-order valence-corrected chi connectivity index (χ2v) is 7.00. The minimum Gasteiger partial charge on any atom is -0.387 e. The molecule has 0 fully saturated rings. The number of nitrogens with zero attached hydrogens (tertiary/aromatic N) is 1. The Morgan fingerprint density at radius 1 is 1.00 bits per heavy atom. The normalized spacial score (nSPS) is 11.2. The van der Waals surface area contributed by atoms with Crippen molar-refractivity contribution in [1.82, 2.24) is 0 Å². The molecule has 2 aromatic rings. The predicted molar refractivity (Wildman–Crippen MR) is 87.5 cm³/mol. The molecule has 112 valence electrons. The highest BCUT2D eigenvalue weighted by atomic mass is 32.2. The van der Waals surface area contributed by atoms with Crippen LogP contribution in [0.2, 0.25) is 0 Å². The van der Waals surface area contributed by atoms with Crippen LogP contribution >= 0.6 is 0 Å². The van der Waals surface area contributed by atoms with Crippen LogP contribution in [0, 0.1) is 13.8 Å². The molecule has 0 aromatic heterocycles. The smallest absolute Gasteiger partial charge is 0.266 e. The van der Waals surface area contributed by atoms with Crippen LogP contribution in [0.1, 0.15) is 11.1 Å². The van der Waals surface area contributed by atoms with Crippen molar-refractivity contribution in [2.45, 2.75) is 18.7 Å². The first-order valence-electron chi connectivity index (χ1n) is 6.70. The Hall–Kier alpha value is -2.01. The lowest BCUT2D eigenvalue weighted by Gasteiger charge is -2.22. The molecule has 0 aliphatic carbocycles. The van der Waals surface area contributed by atoms with Crippen molar-refractivity contribution in [3.63, 3.8) is 0 Å². The maximum absolute atomic E-state index is 12.8. The summed E-state index contributed by atoms with van der Waals surface area (Å²) >= 11 is 0. The molecule has 0 bridgehead atoms. The van der Waals surface area contributed by atoms with Crippen LogP contribution in [0.5, 0.6) is 0 Å². The van der Waals surface area contributed by atoms with Crippen LogP contribution < -0.4 is 9.62 Å². The Morgan fingerprint density at radius 3 is 2.14 bits per heavy atom. The van der Waals surface area contributed by atoms with Crippen molar-refractivity contribution in [2.24, 2.45) is 0 Å². The molecule has 0 saturated heterocycles. The molecule has 2 rings (SSSR count). The van der Waals surface area contributed by atoms with E-state index in [0.717, 1.165) is 11.1 Å². The monoisotopic (exact) mass is 304 g/mol. The Kier molecular flexibility index (Phi) is 4.23. The minimum absolute atomic E-state index is 0.272. The van der Waals surface area contributed by atoms with Gasteiger partial charge in [0.1, 0.15) is 4.90 Å². The molecule has 21 heavy (non-hydrogen) atoms. The molecule has 4 nitrogen and oxygen atoms in total. The summed E-state index contributed by atoms with van der Waals surface area (Å²) in [6.45, 7) is 3.91. The van der Waals surface area contributed by atoms with E-state index >= 15 is 0 Å². The molecule has 0 radical (unpaired) electrons. The van der Waals surface area contributed by atoms with Gasteiger partial charge in [-0.15, -0.1) is 0 Å². The zero-order valence-electron chi connectivity index (χ0n) is 12.7. The lowest BCUT2D eigenvalue weighted by atomic mass is 10.1. The van der Waals surface area contributed by atoms with E-state index in [4.69, 9.17) is 0 Å². The molecule has 1 N–H and O–H groups in total. The average Bonchev–Trinajstić information content (AvgIpc) is 2.45. The van der Waals surface area contributed by atoms with Gasteiger partial charge in [-0.2, -0.15) is 0 Å². The van der Waals surface area contributed by atoms with E-state index in [1.165, 1.54) is 4.31 Å². The van der Waals surface area contributed by atoms with Crippen molar-refractivity contribution in [3.05, 3.63) is 53.6 Å². The molecule has 0 aliphatic rings. The summed E-state index contributed by atoms with van der Waals surface area (Å²) < 4.78 is 27.0. The quantitative estimate of drug-likeness (QED) is 0.944. The van der Waals surface area contributed by atoms with E-state index in [1.54, 1.807) is 32.3 Å². The van der Waals surface area contributed by atoms with E-state index in [-0.39, 0.29) is 4.90 Å². The summed E-state index contributed by atoms with van der Waals surface area (Å²) in [5.41, 5.74) is 3.33. The number of rotatable bonds is 4. The van der Waals surface area contributed by atoms with Crippen LogP contribution in [-0.4, -0.2) is 22.5 Å². The van der Waals surface area contributed by atoms with Gasteiger partial charge in [-0.3, -0.25) is 4.31 Å². The fourth-order valence-electron chi connectivity index (χ4n) is 2.32. The number of nitrogens with one attached hydrogen (secondary N) is 1. The summed E-state index contributed by atoms with van der Waals surface area (Å²) in [7, 11) is -0.305. The molecular formula is C16H20N2O2S. The summed E-state index contributed by atoms with van der Waals surface area (Å²) in [6, 6.07) is 12.7. The first-order valence-corrected chi connectivity index (χ1v) is 8.14. The van der Waals surface area contributed by atoms with Gasteiger partial charge in [0.25, 0.3) is 10.0 Å². The standard InChI is InChI=1S/C16H20N2O2S/c1-12-9-13(2)11-14(10-12)18(4)21(19,20)16-8-6-5-7-15(16)17-3/h5-11,17H,1-4H3. The Labute approximate surface area is 126 Å². The summed E-state index contributed by atoms with van der Waals surface area (Å²) in [6.07, 6.45) is 0. The molecule has 2 aromatic carbocycles. The van der Waals surface area contributed by atoms with E-state index in [0.29, 0.717) is 11.4 Å². The summed E-state index contributed by atoms with van der Waals surface area (Å²) in [5, 5.41) is 2.92. The van der Waals surface area contributed by atoms with E-state index in [1.807, 2.05) is 38.1 Å². The minimum atomic E-state index is -3.60. The molecule has 0 aliphatic heterocycles. The van der Waals surface area contributed by atoms with Crippen molar-refractivity contribution < 1.29 is 8.42 Å². The fraction of sp³-hybridized carbons (Fsp3) is 0.250. The molecule has 5 heteroatoms. The molecule has 0 spiro atoms. The van der Waals surface area contributed by atoms with E-state index < -0.39 is 10.0 Å². The first kappa shape index (κ1) is 15.4. The molecule has 0 heterocycles. The highest BCUT2D eigenvalue weighted by molar-refractivity contribution is 7.93. The van der Waals surface area contributed by atoms with Gasteiger partial charge in [-0.05, 0) is 49.2 Å². The Bertz CT molecular complexity index is 734. The van der Waals surface area contributed by atoms with Gasteiger partial charge >= 0.3 is 0 Å². The van der Waals surface area contributed by atoms with Crippen LogP contribution in [-0.2, 0) is 10.0 Å². The van der Waals surface area contributed by atoms with E-state index in [9.17, 15) is 8.42 Å². The number of sulfonamides is 1. The highest BCUT2D eigenvalue weighted by Crippen LogP contribution is 2.28. The lowest BCUT2D eigenvalue weighted by Crippen LogP contribution is -2.27. The van der Waals surface area contributed by atoms with Gasteiger partial charge in [-0.1, -0.05) is 18.2 Å². The SMILES string of the molecule is CNc1ccccc1S(=O)(=O)N(C)c1cc(C)cc(C)c1. The highest BCUT2D eigenvalue weighted by Gasteiger charge is 2.24. The van der Waals surface area contributed by atoms with Gasteiger partial charge in [0, 0.05) is 14.1 Å². The maximum atomic E-state index is 12.8. The number of hydrogen-bond donors (Lipinski definition) is 1. The Morgan fingerprint density at radius 2 is 1.57 bits per heavy atom. The number of aryl methyl sites for hydroxylation is 2. The summed E-state index contributed by atoms with van der Waals surface area (Å²) in [4.78, 5) is 0.272. The molecule has 0 unspecified atom stereocenters. The van der Waals surface area contributed by atoms with Crippen molar-refractivity contribution in [2.75, 3.05) is 23.7 Å². The van der Waals surface area contributed by atoms with Crippen molar-refractivity contribution in [1.29, 1.82) is 0 Å². The molecule has 0 atom stereocenters. The summed E-state index contributed by atoms with van der Waals surface area (Å²) in [5.74, 6) is 0. The predicted octanol–water partition coefficient (Wildman–Crippen LogP) is 3.17. The third-order valence-corrected chi connectivity index (χ3v) is 5.21. The van der Waals surface area contributed by atoms with Gasteiger partial charge in [0.15, 0.2) is 0 Å². The van der Waals surface area contributed by atoms with Gasteiger partial charge in [-0.25, -0.2) is 8.42 Å². The molecular weight excluding hydrogens is 284 g/mol. The van der Waals surface area contributed by atoms with Crippen molar-refractivity contribution in [3.8, 4) is 0 Å². The van der Waals surface area contributed by atoms with Crippen LogP contribution in [0.4, 0.5) is 11.4 Å². The van der Waals surface area contributed by atoms with Crippen LogP contribution in [0.25, 0.3) is 0 Å². The van der Waals surface area contributed by atoms with Crippen molar-refractivity contribution >= 4 is 21.4 Å². The second kappa shape index (κ2) is 5.77. The fourth-order valence-corrected chi connectivity index (χ4v) is 3.69. The third kappa shape index (κ3) is 3.03. The largest absolute Gasteiger partial charge is 0.387 e. The maximum Gasteiger partial charge on any atom is 0.266 e. The van der Waals surface area contributed by atoms with Gasteiger partial charge < -0.3 is 5.32 Å². The van der Waals surface area contributed by atoms with Crippen LogP contribution in [0.15, 0.2) is 47.4 Å². The second-order valence-electron chi connectivity index (χ2n) is 5.06. The number of anilines is 2. The van der Waals surface area contributed by atoms with Gasteiger partial charge in [0.05, 0.1) is 11.4 Å².